The maximum atomic E-state index is 4.24. The minimum atomic E-state index is 0.768. The van der Waals surface area contributed by atoms with E-state index in [0.29, 0.717) is 0 Å². The molecule has 2 nitrogen and oxygen atoms in total. The summed E-state index contributed by atoms with van der Waals surface area (Å²) in [6.45, 7) is 6.78. The molecule has 1 N–H and O–H groups in total. The highest BCUT2D eigenvalue weighted by Crippen LogP contribution is 2.23. The van der Waals surface area contributed by atoms with Crippen molar-refractivity contribution in [3.05, 3.63) is 33.4 Å². The lowest BCUT2D eigenvalue weighted by Gasteiger charge is -2.08. The second-order valence-electron chi connectivity index (χ2n) is 2.94. The van der Waals surface area contributed by atoms with Crippen LogP contribution >= 0.6 is 31.9 Å². The third-order valence-corrected chi connectivity index (χ3v) is 2.85. The summed E-state index contributed by atoms with van der Waals surface area (Å²) < 4.78 is 1.92. The number of hydrogen-bond acceptors (Lipinski definition) is 2. The van der Waals surface area contributed by atoms with Crippen molar-refractivity contribution in [2.24, 2.45) is 0 Å². The third-order valence-electron chi connectivity index (χ3n) is 1.81. The Labute approximate surface area is 101 Å². The molecule has 0 aliphatic heterocycles. The molecular formula is C10H12Br2N2. The molecule has 0 bridgehead atoms. The molecule has 0 spiro atoms. The van der Waals surface area contributed by atoms with Gasteiger partial charge in [0.2, 0.25) is 0 Å². The molecule has 0 unspecified atom stereocenters. The molecule has 1 rings (SSSR count). The topological polar surface area (TPSA) is 24.9 Å². The average Bonchev–Trinajstić information content (AvgIpc) is 2.16. The Morgan fingerprint density at radius 2 is 2.29 bits per heavy atom. The van der Waals surface area contributed by atoms with Crippen LogP contribution < -0.4 is 5.32 Å². The molecule has 0 saturated carbocycles. The standard InChI is InChI=1S/C10H12Br2N2/c1-3-7(2)5-13-10-9(12)4-8(11)6-14-10/h4,6H,2-3,5H2,1H3,(H,13,14). The molecule has 76 valence electrons. The van der Waals surface area contributed by atoms with Gasteiger partial charge in [-0.25, -0.2) is 4.98 Å². The van der Waals surface area contributed by atoms with Crippen molar-refractivity contribution in [2.75, 3.05) is 11.9 Å². The van der Waals surface area contributed by atoms with E-state index in [9.17, 15) is 0 Å². The van der Waals surface area contributed by atoms with Crippen LogP contribution in [-0.4, -0.2) is 11.5 Å². The van der Waals surface area contributed by atoms with Gasteiger partial charge in [0, 0.05) is 17.2 Å². The van der Waals surface area contributed by atoms with Gasteiger partial charge in [0.05, 0.1) is 4.47 Å². The van der Waals surface area contributed by atoms with Crippen molar-refractivity contribution in [3.63, 3.8) is 0 Å². The van der Waals surface area contributed by atoms with Gasteiger partial charge in [0.15, 0.2) is 0 Å². The number of pyridine rings is 1. The number of halogens is 2. The van der Waals surface area contributed by atoms with Gasteiger partial charge >= 0.3 is 0 Å². The Balaban J connectivity index is 2.63. The van der Waals surface area contributed by atoms with Crippen molar-refractivity contribution in [2.45, 2.75) is 13.3 Å². The first kappa shape index (κ1) is 11.7. The van der Waals surface area contributed by atoms with Gasteiger partial charge in [-0.3, -0.25) is 0 Å². The van der Waals surface area contributed by atoms with E-state index in [1.165, 1.54) is 5.57 Å². The van der Waals surface area contributed by atoms with Gasteiger partial charge < -0.3 is 5.32 Å². The lowest BCUT2D eigenvalue weighted by atomic mass is 10.2. The first-order chi connectivity index (χ1) is 6.63. The number of anilines is 1. The Kier molecular flexibility index (Phi) is 4.62. The van der Waals surface area contributed by atoms with Crippen molar-refractivity contribution in [3.8, 4) is 0 Å². The predicted molar refractivity (Wildman–Crippen MR) is 67.6 cm³/mol. The zero-order valence-electron chi connectivity index (χ0n) is 7.98. The minimum Gasteiger partial charge on any atom is -0.365 e. The number of nitrogens with one attached hydrogen (secondary N) is 1. The van der Waals surface area contributed by atoms with Crippen LogP contribution in [0.4, 0.5) is 5.82 Å². The van der Waals surface area contributed by atoms with Gasteiger partial charge in [-0.15, -0.1) is 0 Å². The lowest BCUT2D eigenvalue weighted by Crippen LogP contribution is -2.05. The van der Waals surface area contributed by atoms with Gasteiger partial charge in [0.25, 0.3) is 0 Å². The summed E-state index contributed by atoms with van der Waals surface area (Å²) in [7, 11) is 0. The molecule has 0 amide bonds. The fraction of sp³-hybridized carbons (Fsp3) is 0.300. The fourth-order valence-corrected chi connectivity index (χ4v) is 2.01. The van der Waals surface area contributed by atoms with E-state index in [1.54, 1.807) is 6.20 Å². The summed E-state index contributed by atoms with van der Waals surface area (Å²) in [6, 6.07) is 1.96. The van der Waals surface area contributed by atoms with E-state index in [2.05, 4.69) is 55.7 Å². The van der Waals surface area contributed by atoms with Crippen LogP contribution in [0.1, 0.15) is 13.3 Å². The summed E-state index contributed by atoms with van der Waals surface area (Å²) in [5.74, 6) is 0.850. The van der Waals surface area contributed by atoms with Crippen molar-refractivity contribution in [1.29, 1.82) is 0 Å². The number of aromatic nitrogens is 1. The SMILES string of the molecule is C=C(CC)CNc1ncc(Br)cc1Br. The van der Waals surface area contributed by atoms with Crippen molar-refractivity contribution in [1.82, 2.24) is 4.98 Å². The smallest absolute Gasteiger partial charge is 0.140 e. The third kappa shape index (κ3) is 3.42. The predicted octanol–water partition coefficient (Wildman–Crippen LogP) is 3.98. The van der Waals surface area contributed by atoms with E-state index in [1.807, 2.05) is 6.07 Å². The molecule has 0 fully saturated rings. The monoisotopic (exact) mass is 318 g/mol. The number of nitrogens with zero attached hydrogens (tertiary/aromatic N) is 1. The summed E-state index contributed by atoms with van der Waals surface area (Å²) in [6.07, 6.45) is 2.75. The Morgan fingerprint density at radius 3 is 2.86 bits per heavy atom. The second kappa shape index (κ2) is 5.51. The molecule has 1 aromatic rings. The highest BCUT2D eigenvalue weighted by molar-refractivity contribution is 9.11. The average molecular weight is 320 g/mol. The number of rotatable bonds is 4. The van der Waals surface area contributed by atoms with Crippen LogP contribution in [0.3, 0.4) is 0 Å². The summed E-state index contributed by atoms with van der Waals surface area (Å²) in [5.41, 5.74) is 1.17. The van der Waals surface area contributed by atoms with Crippen LogP contribution in [0.5, 0.6) is 0 Å². The molecule has 4 heteroatoms. The van der Waals surface area contributed by atoms with E-state index >= 15 is 0 Å². The minimum absolute atomic E-state index is 0.768. The maximum absolute atomic E-state index is 4.24. The molecular weight excluding hydrogens is 308 g/mol. The molecule has 0 atom stereocenters. The highest BCUT2D eigenvalue weighted by atomic mass is 79.9. The van der Waals surface area contributed by atoms with Crippen LogP contribution in [0.2, 0.25) is 0 Å². The molecule has 1 heterocycles. The Bertz CT molecular complexity index is 337. The van der Waals surface area contributed by atoms with E-state index in [4.69, 9.17) is 0 Å². The fourth-order valence-electron chi connectivity index (χ4n) is 0.878. The summed E-state index contributed by atoms with van der Waals surface area (Å²) in [4.78, 5) is 4.24. The van der Waals surface area contributed by atoms with Crippen LogP contribution in [-0.2, 0) is 0 Å². The quantitative estimate of drug-likeness (QED) is 0.849. The van der Waals surface area contributed by atoms with Crippen LogP contribution in [0.15, 0.2) is 33.4 Å². The molecule has 0 radical (unpaired) electrons. The zero-order valence-corrected chi connectivity index (χ0v) is 11.2. The molecule has 0 aliphatic rings. The highest BCUT2D eigenvalue weighted by Gasteiger charge is 2.01. The zero-order chi connectivity index (χ0) is 10.6. The van der Waals surface area contributed by atoms with E-state index < -0.39 is 0 Å². The molecule has 1 aromatic heterocycles. The van der Waals surface area contributed by atoms with Gasteiger partial charge in [-0.05, 0) is 44.3 Å². The van der Waals surface area contributed by atoms with Crippen LogP contribution in [0, 0.1) is 0 Å². The lowest BCUT2D eigenvalue weighted by molar-refractivity contribution is 1.04. The largest absolute Gasteiger partial charge is 0.365 e. The Morgan fingerprint density at radius 1 is 1.57 bits per heavy atom. The molecule has 0 aromatic carbocycles. The van der Waals surface area contributed by atoms with Gasteiger partial charge in [-0.1, -0.05) is 19.1 Å². The maximum Gasteiger partial charge on any atom is 0.140 e. The van der Waals surface area contributed by atoms with E-state index in [0.717, 1.165) is 27.7 Å². The van der Waals surface area contributed by atoms with Gasteiger partial charge in [-0.2, -0.15) is 0 Å². The second-order valence-corrected chi connectivity index (χ2v) is 4.71. The first-order valence-electron chi connectivity index (χ1n) is 4.35. The van der Waals surface area contributed by atoms with Crippen molar-refractivity contribution < 1.29 is 0 Å². The molecule has 0 saturated heterocycles. The molecule has 0 aliphatic carbocycles. The first-order valence-corrected chi connectivity index (χ1v) is 5.93. The number of hydrogen-bond donors (Lipinski definition) is 1. The summed E-state index contributed by atoms with van der Waals surface area (Å²) in [5, 5.41) is 3.21. The summed E-state index contributed by atoms with van der Waals surface area (Å²) >= 11 is 6.79. The Hall–Kier alpha value is -0.350. The van der Waals surface area contributed by atoms with Gasteiger partial charge in [0.1, 0.15) is 5.82 Å². The normalized spacial score (nSPS) is 9.93. The van der Waals surface area contributed by atoms with E-state index in [-0.39, 0.29) is 0 Å². The molecule has 14 heavy (non-hydrogen) atoms. The van der Waals surface area contributed by atoms with Crippen LogP contribution in [0.25, 0.3) is 0 Å². The van der Waals surface area contributed by atoms with Crippen molar-refractivity contribution >= 4 is 37.7 Å².